The molecule has 4 heterocycles. The fourth-order valence-electron chi connectivity index (χ4n) is 5.58. The van der Waals surface area contributed by atoms with Gasteiger partial charge in [-0.2, -0.15) is 5.10 Å². The van der Waals surface area contributed by atoms with Crippen molar-refractivity contribution in [2.45, 2.75) is 30.6 Å². The van der Waals surface area contributed by atoms with Crippen LogP contribution in [0.15, 0.2) is 65.8 Å². The summed E-state index contributed by atoms with van der Waals surface area (Å²) < 4.78 is 21.9. The van der Waals surface area contributed by atoms with Crippen LogP contribution in [-0.2, 0) is 6.54 Å². The lowest BCUT2D eigenvalue weighted by molar-refractivity contribution is -0.110. The molecule has 12 heteroatoms. The zero-order valence-electron chi connectivity index (χ0n) is 22.6. The molecular formula is C29H31FN6O5. The van der Waals surface area contributed by atoms with Gasteiger partial charge in [-0.3, -0.25) is 14.2 Å². The van der Waals surface area contributed by atoms with Gasteiger partial charge in [-0.25, -0.2) is 14.1 Å². The molecule has 41 heavy (non-hydrogen) atoms. The molecule has 2 saturated heterocycles. The maximum absolute atomic E-state index is 13.3. The summed E-state index contributed by atoms with van der Waals surface area (Å²) in [5.41, 5.74) is -0.872. The molecule has 0 spiro atoms. The van der Waals surface area contributed by atoms with Gasteiger partial charge in [-0.15, -0.1) is 0 Å². The number of amides is 1. The quantitative estimate of drug-likeness (QED) is 0.347. The van der Waals surface area contributed by atoms with E-state index in [0.29, 0.717) is 54.2 Å². The van der Waals surface area contributed by atoms with Crippen molar-refractivity contribution in [3.8, 4) is 11.4 Å². The molecule has 2 aliphatic rings. The third kappa shape index (κ3) is 5.45. The number of aliphatic hydroxyl groups is 2. The second-order valence-corrected chi connectivity index (χ2v) is 11.2. The SMILES string of the molecule is CN1CC(O)(COc2ccc(-n3ncc4c(=O)n(CC5(O)CCN(C(=O)c6ccc(F)cc6)CC5)cnc43)cc2)C1. The first-order valence-corrected chi connectivity index (χ1v) is 13.5. The summed E-state index contributed by atoms with van der Waals surface area (Å²) in [5, 5.41) is 26.3. The Balaban J connectivity index is 1.11. The fourth-order valence-corrected chi connectivity index (χ4v) is 5.58. The molecule has 0 aliphatic carbocycles. The van der Waals surface area contributed by atoms with Crippen LogP contribution >= 0.6 is 0 Å². The van der Waals surface area contributed by atoms with Crippen LogP contribution in [0, 0.1) is 5.82 Å². The minimum atomic E-state index is -1.19. The summed E-state index contributed by atoms with van der Waals surface area (Å²) in [6, 6.07) is 12.5. The predicted octanol–water partition coefficient (Wildman–Crippen LogP) is 1.44. The lowest BCUT2D eigenvalue weighted by Gasteiger charge is -2.43. The van der Waals surface area contributed by atoms with Gasteiger partial charge in [0.15, 0.2) is 5.65 Å². The van der Waals surface area contributed by atoms with Crippen LogP contribution in [0.1, 0.15) is 23.2 Å². The number of carbonyl (C=O) groups is 1. The molecule has 6 rings (SSSR count). The summed E-state index contributed by atoms with van der Waals surface area (Å²) >= 11 is 0. The summed E-state index contributed by atoms with van der Waals surface area (Å²) in [7, 11) is 1.94. The highest BCUT2D eigenvalue weighted by Gasteiger charge is 2.40. The smallest absolute Gasteiger partial charge is 0.264 e. The van der Waals surface area contributed by atoms with E-state index >= 15 is 0 Å². The lowest BCUT2D eigenvalue weighted by atomic mass is 9.91. The molecule has 2 fully saturated rings. The Morgan fingerprint density at radius 2 is 1.71 bits per heavy atom. The van der Waals surface area contributed by atoms with Gasteiger partial charge >= 0.3 is 0 Å². The average Bonchev–Trinajstić information content (AvgIpc) is 3.38. The van der Waals surface area contributed by atoms with Crippen molar-refractivity contribution in [3.05, 3.63) is 82.8 Å². The van der Waals surface area contributed by atoms with E-state index in [1.807, 2.05) is 11.9 Å². The van der Waals surface area contributed by atoms with Crippen LogP contribution in [0.25, 0.3) is 16.7 Å². The minimum absolute atomic E-state index is 0.0344. The van der Waals surface area contributed by atoms with E-state index in [9.17, 15) is 24.2 Å². The normalized spacial score (nSPS) is 18.3. The molecule has 0 atom stereocenters. The Bertz CT molecular complexity index is 1620. The molecule has 4 aromatic rings. The summed E-state index contributed by atoms with van der Waals surface area (Å²) in [5.74, 6) is -0.0158. The first-order valence-electron chi connectivity index (χ1n) is 13.5. The van der Waals surface area contributed by atoms with Gasteiger partial charge < -0.3 is 24.7 Å². The van der Waals surface area contributed by atoms with Crippen molar-refractivity contribution in [2.24, 2.45) is 0 Å². The number of piperidine rings is 1. The van der Waals surface area contributed by atoms with E-state index < -0.39 is 17.0 Å². The maximum Gasteiger partial charge on any atom is 0.264 e. The zero-order chi connectivity index (χ0) is 28.8. The molecule has 0 bridgehead atoms. The first-order chi connectivity index (χ1) is 19.6. The number of aromatic nitrogens is 4. The number of fused-ring (bicyclic) bond motifs is 1. The van der Waals surface area contributed by atoms with Gasteiger partial charge in [0.05, 0.1) is 24.0 Å². The number of hydrogen-bond acceptors (Lipinski definition) is 8. The van der Waals surface area contributed by atoms with Gasteiger partial charge in [-0.1, -0.05) is 0 Å². The Morgan fingerprint density at radius 1 is 1.02 bits per heavy atom. The van der Waals surface area contributed by atoms with Crippen molar-refractivity contribution in [2.75, 3.05) is 39.8 Å². The highest BCUT2D eigenvalue weighted by atomic mass is 19.1. The highest BCUT2D eigenvalue weighted by Crippen LogP contribution is 2.26. The van der Waals surface area contributed by atoms with E-state index in [1.165, 1.54) is 41.4 Å². The van der Waals surface area contributed by atoms with E-state index in [2.05, 4.69) is 10.1 Å². The third-order valence-electron chi connectivity index (χ3n) is 7.81. The Hall–Kier alpha value is -4.13. The molecule has 214 valence electrons. The predicted molar refractivity (Wildman–Crippen MR) is 148 cm³/mol. The summed E-state index contributed by atoms with van der Waals surface area (Å²) in [6.45, 7) is 2.00. The van der Waals surface area contributed by atoms with Crippen molar-refractivity contribution in [1.82, 2.24) is 29.1 Å². The van der Waals surface area contributed by atoms with Crippen LogP contribution in [0.5, 0.6) is 5.75 Å². The van der Waals surface area contributed by atoms with Gasteiger partial charge in [0, 0.05) is 31.7 Å². The van der Waals surface area contributed by atoms with E-state index in [-0.39, 0.29) is 37.5 Å². The number of hydrogen-bond donors (Lipinski definition) is 2. The fraction of sp³-hybridized carbons (Fsp3) is 0.379. The summed E-state index contributed by atoms with van der Waals surface area (Å²) in [4.78, 5) is 34.1. The van der Waals surface area contributed by atoms with E-state index in [1.54, 1.807) is 33.8 Å². The second kappa shape index (κ2) is 10.4. The lowest BCUT2D eigenvalue weighted by Crippen LogP contribution is -2.63. The molecule has 0 radical (unpaired) electrons. The number of nitrogens with zero attached hydrogens (tertiary/aromatic N) is 6. The third-order valence-corrected chi connectivity index (χ3v) is 7.81. The standard InChI is InChI=1S/C29H31FN6O5/c1-33-15-29(40,16-33)18-41-23-8-6-22(7-9-23)36-25-24(14-32-36)27(38)35(19-31-25)17-28(39)10-12-34(13-11-28)26(37)20-2-4-21(30)5-3-20/h2-9,14,19,39-40H,10-13,15-18H2,1H3. The first kappa shape index (κ1) is 27.1. The number of β-amino-alcohol motifs (C(OH)–C–C–N with tert-alkyl or cyclic N) is 1. The van der Waals surface area contributed by atoms with Gasteiger partial charge in [0.2, 0.25) is 0 Å². The van der Waals surface area contributed by atoms with Crippen LogP contribution < -0.4 is 10.3 Å². The zero-order valence-corrected chi connectivity index (χ0v) is 22.6. The number of carbonyl (C=O) groups excluding carboxylic acids is 1. The minimum Gasteiger partial charge on any atom is -0.490 e. The van der Waals surface area contributed by atoms with Crippen LogP contribution in [0.2, 0.25) is 0 Å². The number of ether oxygens (including phenoxy) is 1. The monoisotopic (exact) mass is 562 g/mol. The number of halogens is 1. The van der Waals surface area contributed by atoms with E-state index in [4.69, 9.17) is 4.74 Å². The van der Waals surface area contributed by atoms with Crippen LogP contribution in [-0.4, -0.2) is 96.3 Å². The van der Waals surface area contributed by atoms with Gasteiger partial charge in [0.1, 0.15) is 35.5 Å². The van der Waals surface area contributed by atoms with Gasteiger partial charge in [0.25, 0.3) is 11.5 Å². The maximum atomic E-state index is 13.3. The molecule has 0 unspecified atom stereocenters. The molecule has 2 aromatic heterocycles. The molecule has 0 saturated carbocycles. The number of likely N-dealkylation sites (N-methyl/N-ethyl adjacent to an activating group) is 1. The number of likely N-dealkylation sites (tertiary alicyclic amines) is 2. The molecule has 11 nitrogen and oxygen atoms in total. The second-order valence-electron chi connectivity index (χ2n) is 11.2. The van der Waals surface area contributed by atoms with E-state index in [0.717, 1.165) is 0 Å². The molecular weight excluding hydrogens is 531 g/mol. The average molecular weight is 563 g/mol. The van der Waals surface area contributed by atoms with Gasteiger partial charge in [-0.05, 0) is 68.4 Å². The molecule has 2 N–H and O–H groups in total. The number of benzene rings is 2. The Kier molecular flexibility index (Phi) is 6.84. The number of rotatable bonds is 7. The van der Waals surface area contributed by atoms with Crippen molar-refractivity contribution in [1.29, 1.82) is 0 Å². The highest BCUT2D eigenvalue weighted by molar-refractivity contribution is 5.94. The largest absolute Gasteiger partial charge is 0.490 e. The van der Waals surface area contributed by atoms with Crippen LogP contribution in [0.3, 0.4) is 0 Å². The Labute approximate surface area is 235 Å². The Morgan fingerprint density at radius 3 is 2.37 bits per heavy atom. The molecule has 2 aromatic carbocycles. The van der Waals surface area contributed by atoms with Crippen molar-refractivity contribution < 1.29 is 24.1 Å². The topological polar surface area (TPSA) is 126 Å². The molecule has 1 amide bonds. The molecule has 2 aliphatic heterocycles. The van der Waals surface area contributed by atoms with Crippen molar-refractivity contribution >= 4 is 16.9 Å². The van der Waals surface area contributed by atoms with Crippen LogP contribution in [0.4, 0.5) is 4.39 Å². The van der Waals surface area contributed by atoms with Crippen molar-refractivity contribution in [3.63, 3.8) is 0 Å². The summed E-state index contributed by atoms with van der Waals surface area (Å²) in [6.07, 6.45) is 3.44.